The van der Waals surface area contributed by atoms with Crippen LogP contribution in [0.15, 0.2) is 29.1 Å². The van der Waals surface area contributed by atoms with Crippen LogP contribution in [0.1, 0.15) is 12.6 Å². The summed E-state index contributed by atoms with van der Waals surface area (Å²) in [5.41, 5.74) is 0.809. The molecule has 78 valence electrons. The molecule has 0 aliphatic carbocycles. The maximum atomic E-state index is 11.6. The molecule has 0 unspecified atom stereocenters. The normalized spacial score (nSPS) is 10.5. The van der Waals surface area contributed by atoms with Gasteiger partial charge in [0.2, 0.25) is 0 Å². The van der Waals surface area contributed by atoms with Gasteiger partial charge in [-0.1, -0.05) is 6.07 Å². The molecule has 0 aliphatic rings. The molecule has 3 nitrogen and oxygen atoms in total. The predicted octanol–water partition coefficient (Wildman–Crippen LogP) is 2.24. The number of hydrogen-bond acceptors (Lipinski definition) is 2. The zero-order valence-corrected chi connectivity index (χ0v) is 8.83. The fourth-order valence-electron chi connectivity index (χ4n) is 1.63. The summed E-state index contributed by atoms with van der Waals surface area (Å²) in [7, 11) is 0. The van der Waals surface area contributed by atoms with Gasteiger partial charge in [-0.2, -0.15) is 0 Å². The lowest BCUT2D eigenvalue weighted by molar-refractivity contribution is 0.340. The molecule has 0 radical (unpaired) electrons. The van der Waals surface area contributed by atoms with Crippen LogP contribution < -0.4 is 10.3 Å². The Balaban J connectivity index is 2.66. The number of aryl methyl sites for hydroxylation is 1. The van der Waals surface area contributed by atoms with Crippen LogP contribution >= 0.6 is 0 Å². The Labute approximate surface area is 87.7 Å². The molecule has 0 aliphatic heterocycles. The Bertz CT molecular complexity index is 543. The Hall–Kier alpha value is -1.77. The number of ether oxygens (including phenoxy) is 1. The Kier molecular flexibility index (Phi) is 2.46. The number of nitrogens with one attached hydrogen (secondary N) is 1. The second-order valence-electron chi connectivity index (χ2n) is 3.46. The number of fused-ring (bicyclic) bond motifs is 1. The van der Waals surface area contributed by atoms with Crippen molar-refractivity contribution in [2.45, 2.75) is 13.8 Å². The van der Waals surface area contributed by atoms with Crippen LogP contribution in [-0.2, 0) is 0 Å². The highest BCUT2D eigenvalue weighted by molar-refractivity contribution is 5.83. The molecule has 2 rings (SSSR count). The van der Waals surface area contributed by atoms with Crippen LogP contribution in [0.25, 0.3) is 10.8 Å². The van der Waals surface area contributed by atoms with Crippen molar-refractivity contribution in [1.82, 2.24) is 4.98 Å². The lowest BCUT2D eigenvalue weighted by Crippen LogP contribution is -2.07. The quantitative estimate of drug-likeness (QED) is 0.813. The highest BCUT2D eigenvalue weighted by Crippen LogP contribution is 2.18. The second kappa shape index (κ2) is 3.77. The summed E-state index contributed by atoms with van der Waals surface area (Å²) in [5.74, 6) is 0.736. The van der Waals surface area contributed by atoms with Crippen molar-refractivity contribution >= 4 is 10.8 Å². The van der Waals surface area contributed by atoms with Crippen molar-refractivity contribution in [1.29, 1.82) is 0 Å². The standard InChI is InChI=1S/C12H13NO2/c1-3-15-10-5-4-9-6-8(2)13-12(14)11(9)7-10/h4-7H,3H2,1-2H3,(H,13,14). The number of benzene rings is 1. The van der Waals surface area contributed by atoms with Crippen LogP contribution in [-0.4, -0.2) is 11.6 Å². The summed E-state index contributed by atoms with van der Waals surface area (Å²) < 4.78 is 5.35. The van der Waals surface area contributed by atoms with Gasteiger partial charge in [0.1, 0.15) is 5.75 Å². The number of aromatic amines is 1. The van der Waals surface area contributed by atoms with Crippen molar-refractivity contribution in [2.75, 3.05) is 6.61 Å². The first-order valence-electron chi connectivity index (χ1n) is 4.97. The summed E-state index contributed by atoms with van der Waals surface area (Å²) in [6.07, 6.45) is 0. The van der Waals surface area contributed by atoms with Crippen molar-refractivity contribution < 1.29 is 4.74 Å². The summed E-state index contributed by atoms with van der Waals surface area (Å²) in [5, 5.41) is 1.62. The fraction of sp³-hybridized carbons (Fsp3) is 0.250. The monoisotopic (exact) mass is 203 g/mol. The van der Waals surface area contributed by atoms with Crippen LogP contribution in [0, 0.1) is 6.92 Å². The largest absolute Gasteiger partial charge is 0.494 e. The lowest BCUT2D eigenvalue weighted by Gasteiger charge is -2.04. The van der Waals surface area contributed by atoms with Crippen molar-refractivity contribution in [3.63, 3.8) is 0 Å². The van der Waals surface area contributed by atoms with Gasteiger partial charge in [-0.3, -0.25) is 4.79 Å². The number of rotatable bonds is 2. The van der Waals surface area contributed by atoms with E-state index in [1.807, 2.05) is 32.0 Å². The van der Waals surface area contributed by atoms with E-state index in [0.29, 0.717) is 12.0 Å². The molecule has 0 amide bonds. The van der Waals surface area contributed by atoms with Gasteiger partial charge in [-0.15, -0.1) is 0 Å². The first kappa shape index (κ1) is 9.77. The lowest BCUT2D eigenvalue weighted by atomic mass is 10.1. The highest BCUT2D eigenvalue weighted by atomic mass is 16.5. The first-order valence-corrected chi connectivity index (χ1v) is 4.97. The molecular formula is C12H13NO2. The first-order chi connectivity index (χ1) is 7.20. The number of H-pyrrole nitrogens is 1. The van der Waals surface area contributed by atoms with E-state index >= 15 is 0 Å². The van der Waals surface area contributed by atoms with Gasteiger partial charge in [-0.05, 0) is 37.4 Å². The number of pyridine rings is 1. The summed E-state index contributed by atoms with van der Waals surface area (Å²) in [6, 6.07) is 7.51. The third-order valence-corrected chi connectivity index (χ3v) is 2.26. The SMILES string of the molecule is CCOc1ccc2cc(C)[nH]c(=O)c2c1. The summed E-state index contributed by atoms with van der Waals surface area (Å²) >= 11 is 0. The maximum Gasteiger partial charge on any atom is 0.256 e. The molecule has 1 aromatic carbocycles. The average Bonchev–Trinajstić information content (AvgIpc) is 2.19. The smallest absolute Gasteiger partial charge is 0.256 e. The summed E-state index contributed by atoms with van der Waals surface area (Å²) in [4.78, 5) is 14.4. The fourth-order valence-corrected chi connectivity index (χ4v) is 1.63. The maximum absolute atomic E-state index is 11.6. The third kappa shape index (κ3) is 1.86. The van der Waals surface area contributed by atoms with Gasteiger partial charge < -0.3 is 9.72 Å². The molecule has 0 atom stereocenters. The molecule has 1 heterocycles. The second-order valence-corrected chi connectivity index (χ2v) is 3.46. The summed E-state index contributed by atoms with van der Waals surface area (Å²) in [6.45, 7) is 4.40. The molecule has 3 heteroatoms. The van der Waals surface area contributed by atoms with Crippen molar-refractivity contribution in [3.05, 3.63) is 40.3 Å². The average molecular weight is 203 g/mol. The van der Waals surface area contributed by atoms with E-state index in [9.17, 15) is 4.79 Å². The van der Waals surface area contributed by atoms with Gasteiger partial charge in [0.05, 0.1) is 12.0 Å². The van der Waals surface area contributed by atoms with Gasteiger partial charge in [-0.25, -0.2) is 0 Å². The van der Waals surface area contributed by atoms with E-state index in [4.69, 9.17) is 4.74 Å². The minimum absolute atomic E-state index is 0.0634. The molecule has 2 aromatic rings. The molecular weight excluding hydrogens is 190 g/mol. The van der Waals surface area contributed by atoms with Crippen LogP contribution in [0.2, 0.25) is 0 Å². The molecule has 0 fully saturated rings. The van der Waals surface area contributed by atoms with Gasteiger partial charge in [0, 0.05) is 5.69 Å². The van der Waals surface area contributed by atoms with Crippen molar-refractivity contribution in [2.24, 2.45) is 0 Å². The van der Waals surface area contributed by atoms with E-state index in [2.05, 4.69) is 4.98 Å². The molecule has 0 bridgehead atoms. The Morgan fingerprint density at radius 1 is 1.33 bits per heavy atom. The highest BCUT2D eigenvalue weighted by Gasteiger charge is 2.01. The van der Waals surface area contributed by atoms with E-state index in [1.165, 1.54) is 0 Å². The molecule has 0 saturated heterocycles. The van der Waals surface area contributed by atoms with Crippen LogP contribution in [0.5, 0.6) is 5.75 Å². The zero-order chi connectivity index (χ0) is 10.8. The molecule has 0 spiro atoms. The van der Waals surface area contributed by atoms with Gasteiger partial charge in [0.15, 0.2) is 0 Å². The van der Waals surface area contributed by atoms with Crippen LogP contribution in [0.4, 0.5) is 0 Å². The minimum Gasteiger partial charge on any atom is -0.494 e. The van der Waals surface area contributed by atoms with Crippen LogP contribution in [0.3, 0.4) is 0 Å². The number of aromatic nitrogens is 1. The topological polar surface area (TPSA) is 42.1 Å². The molecule has 1 N–H and O–H groups in total. The Morgan fingerprint density at radius 3 is 2.87 bits per heavy atom. The van der Waals surface area contributed by atoms with E-state index < -0.39 is 0 Å². The minimum atomic E-state index is -0.0634. The molecule has 15 heavy (non-hydrogen) atoms. The number of hydrogen-bond donors (Lipinski definition) is 1. The third-order valence-electron chi connectivity index (χ3n) is 2.26. The zero-order valence-electron chi connectivity index (χ0n) is 8.83. The van der Waals surface area contributed by atoms with Crippen molar-refractivity contribution in [3.8, 4) is 5.75 Å². The van der Waals surface area contributed by atoms with Gasteiger partial charge in [0.25, 0.3) is 5.56 Å². The Morgan fingerprint density at radius 2 is 2.13 bits per heavy atom. The molecule has 0 saturated carbocycles. The predicted molar refractivity (Wildman–Crippen MR) is 60.5 cm³/mol. The van der Waals surface area contributed by atoms with E-state index in [1.54, 1.807) is 6.07 Å². The molecule has 1 aromatic heterocycles. The van der Waals surface area contributed by atoms with E-state index in [0.717, 1.165) is 16.8 Å². The van der Waals surface area contributed by atoms with Gasteiger partial charge >= 0.3 is 0 Å². The van der Waals surface area contributed by atoms with E-state index in [-0.39, 0.29) is 5.56 Å².